The van der Waals surface area contributed by atoms with Crippen LogP contribution in [-0.4, -0.2) is 23.0 Å². The van der Waals surface area contributed by atoms with Crippen molar-refractivity contribution in [3.63, 3.8) is 0 Å². The van der Waals surface area contributed by atoms with Crippen LogP contribution in [0.4, 0.5) is 0 Å². The Morgan fingerprint density at radius 1 is 1.28 bits per heavy atom. The molecule has 0 spiro atoms. The van der Waals surface area contributed by atoms with Gasteiger partial charge in [0.2, 0.25) is 5.91 Å². The van der Waals surface area contributed by atoms with Crippen molar-refractivity contribution in [1.82, 2.24) is 5.32 Å². The molecule has 1 rings (SSSR count). The molecule has 0 aromatic carbocycles. The lowest BCUT2D eigenvalue weighted by molar-refractivity contribution is -0.154. The number of carbonyl (C=O) groups excluding carboxylic acids is 1. The molecular formula is C14H21NO3. The van der Waals surface area contributed by atoms with Crippen LogP contribution in [0, 0.1) is 22.7 Å². The third-order valence-electron chi connectivity index (χ3n) is 2.79. The molecule has 1 saturated carbocycles. The van der Waals surface area contributed by atoms with Gasteiger partial charge in [0.25, 0.3) is 0 Å². The van der Waals surface area contributed by atoms with E-state index in [0.29, 0.717) is 0 Å². The lowest BCUT2D eigenvalue weighted by atomic mass is 9.85. The fourth-order valence-electron chi connectivity index (χ4n) is 1.31. The second-order valence-corrected chi connectivity index (χ2v) is 6.11. The van der Waals surface area contributed by atoms with Crippen LogP contribution in [0.3, 0.4) is 0 Å². The molecule has 0 aliphatic heterocycles. The molecule has 1 atom stereocenters. The van der Waals surface area contributed by atoms with Gasteiger partial charge in [-0.2, -0.15) is 0 Å². The Kier molecular flexibility index (Phi) is 4.05. The van der Waals surface area contributed by atoms with Gasteiger partial charge in [-0.1, -0.05) is 5.92 Å². The molecule has 0 aromatic heterocycles. The van der Waals surface area contributed by atoms with Crippen molar-refractivity contribution in [3.8, 4) is 11.8 Å². The molecule has 1 fully saturated rings. The second-order valence-electron chi connectivity index (χ2n) is 6.11. The normalized spacial score (nSPS) is 18.2. The molecule has 0 heterocycles. The van der Waals surface area contributed by atoms with Crippen molar-refractivity contribution in [2.24, 2.45) is 10.8 Å². The zero-order valence-electron chi connectivity index (χ0n) is 11.5. The van der Waals surface area contributed by atoms with Gasteiger partial charge in [-0.25, -0.2) is 0 Å². The third kappa shape index (κ3) is 4.06. The van der Waals surface area contributed by atoms with Crippen LogP contribution < -0.4 is 5.32 Å². The van der Waals surface area contributed by atoms with Gasteiger partial charge in [0.15, 0.2) is 5.41 Å². The summed E-state index contributed by atoms with van der Waals surface area (Å²) in [5.74, 6) is 4.24. The highest BCUT2D eigenvalue weighted by molar-refractivity contribution is 6.02. The number of hydrogen-bond donors (Lipinski definition) is 2. The van der Waals surface area contributed by atoms with Gasteiger partial charge in [0, 0.05) is 17.9 Å². The molecule has 1 unspecified atom stereocenters. The molecular weight excluding hydrogens is 230 g/mol. The van der Waals surface area contributed by atoms with Crippen molar-refractivity contribution >= 4 is 11.9 Å². The maximum atomic E-state index is 12.0. The Morgan fingerprint density at radius 2 is 1.83 bits per heavy atom. The first-order chi connectivity index (χ1) is 8.15. The molecule has 0 aromatic rings. The Morgan fingerprint density at radius 3 is 2.22 bits per heavy atom. The molecule has 0 radical (unpaired) electrons. The Bertz CT molecular complexity index is 407. The average Bonchev–Trinajstić information content (AvgIpc) is 2.98. The quantitative estimate of drug-likeness (QED) is 0.591. The number of carboxylic acids is 1. The Hall–Kier alpha value is -1.50. The summed E-state index contributed by atoms with van der Waals surface area (Å²) in [5, 5.41) is 12.0. The van der Waals surface area contributed by atoms with Crippen LogP contribution in [0.25, 0.3) is 0 Å². The molecule has 1 aliphatic rings. The molecule has 18 heavy (non-hydrogen) atoms. The van der Waals surface area contributed by atoms with Crippen molar-refractivity contribution in [2.45, 2.75) is 53.0 Å². The summed E-state index contributed by atoms with van der Waals surface area (Å²) in [7, 11) is 0. The third-order valence-corrected chi connectivity index (χ3v) is 2.79. The highest BCUT2D eigenvalue weighted by atomic mass is 16.4. The van der Waals surface area contributed by atoms with Crippen LogP contribution in [0.2, 0.25) is 0 Å². The fraction of sp³-hybridized carbons (Fsp3) is 0.714. The number of carboxylic acid groups (broad SMARTS) is 1. The molecule has 4 heteroatoms. The lowest BCUT2D eigenvalue weighted by Crippen LogP contribution is -2.45. The average molecular weight is 251 g/mol. The van der Waals surface area contributed by atoms with E-state index in [1.807, 2.05) is 20.8 Å². The number of carbonyl (C=O) groups is 2. The van der Waals surface area contributed by atoms with Gasteiger partial charge < -0.3 is 10.4 Å². The van der Waals surface area contributed by atoms with E-state index in [9.17, 15) is 14.7 Å². The van der Waals surface area contributed by atoms with E-state index in [1.165, 1.54) is 6.92 Å². The van der Waals surface area contributed by atoms with Crippen LogP contribution in [-0.2, 0) is 9.59 Å². The van der Waals surface area contributed by atoms with Gasteiger partial charge in [0.05, 0.1) is 0 Å². The monoisotopic (exact) mass is 251 g/mol. The number of aliphatic carboxylic acids is 1. The summed E-state index contributed by atoms with van der Waals surface area (Å²) in [6, 6.07) is 0.159. The smallest absolute Gasteiger partial charge is 0.319 e. The second kappa shape index (κ2) is 5.01. The predicted molar refractivity (Wildman–Crippen MR) is 68.8 cm³/mol. The number of amides is 1. The van der Waals surface area contributed by atoms with Crippen molar-refractivity contribution in [2.75, 3.05) is 0 Å². The van der Waals surface area contributed by atoms with E-state index < -0.39 is 17.3 Å². The van der Waals surface area contributed by atoms with Crippen molar-refractivity contribution < 1.29 is 14.7 Å². The van der Waals surface area contributed by atoms with E-state index in [1.54, 1.807) is 0 Å². The van der Waals surface area contributed by atoms with Gasteiger partial charge in [-0.15, -0.1) is 5.92 Å². The van der Waals surface area contributed by atoms with E-state index in [4.69, 9.17) is 0 Å². The van der Waals surface area contributed by atoms with Crippen molar-refractivity contribution in [1.29, 1.82) is 0 Å². The Balaban J connectivity index is 2.75. The number of rotatable bonds is 4. The minimum Gasteiger partial charge on any atom is -0.480 e. The van der Waals surface area contributed by atoms with Gasteiger partial charge in [0.1, 0.15) is 0 Å². The fourth-order valence-corrected chi connectivity index (χ4v) is 1.31. The molecule has 100 valence electrons. The van der Waals surface area contributed by atoms with E-state index in [-0.39, 0.29) is 17.9 Å². The van der Waals surface area contributed by atoms with Gasteiger partial charge in [-0.3, -0.25) is 9.59 Å². The maximum absolute atomic E-state index is 12.0. The van der Waals surface area contributed by atoms with Crippen LogP contribution in [0.1, 0.15) is 47.0 Å². The van der Waals surface area contributed by atoms with E-state index >= 15 is 0 Å². The molecule has 1 amide bonds. The molecule has 0 bridgehead atoms. The lowest BCUT2D eigenvalue weighted by Gasteiger charge is -2.21. The standard InChI is InChI=1S/C14H21NO3/c1-13(2,3)8-5-9-14(4,12(17)18)11(16)15-10-6-7-10/h10H,6-7,9H2,1-4H3,(H,15,16)(H,17,18). The van der Waals surface area contributed by atoms with Crippen molar-refractivity contribution in [3.05, 3.63) is 0 Å². The summed E-state index contributed by atoms with van der Waals surface area (Å²) in [6.07, 6.45) is 1.92. The Labute approximate surface area is 108 Å². The van der Waals surface area contributed by atoms with Gasteiger partial charge in [-0.05, 0) is 40.5 Å². The molecule has 0 saturated heterocycles. The topological polar surface area (TPSA) is 66.4 Å². The predicted octanol–water partition coefficient (Wildman–Crippen LogP) is 1.80. The van der Waals surface area contributed by atoms with E-state index in [0.717, 1.165) is 12.8 Å². The van der Waals surface area contributed by atoms with Crippen LogP contribution in [0.5, 0.6) is 0 Å². The van der Waals surface area contributed by atoms with Gasteiger partial charge >= 0.3 is 5.97 Å². The number of nitrogens with one attached hydrogen (secondary N) is 1. The first kappa shape index (κ1) is 14.6. The summed E-state index contributed by atoms with van der Waals surface area (Å²) in [5.41, 5.74) is -1.65. The van der Waals surface area contributed by atoms with Crippen LogP contribution in [0.15, 0.2) is 0 Å². The highest BCUT2D eigenvalue weighted by Gasteiger charge is 2.42. The molecule has 2 N–H and O–H groups in total. The van der Waals surface area contributed by atoms with E-state index in [2.05, 4.69) is 17.2 Å². The summed E-state index contributed by atoms with van der Waals surface area (Å²) < 4.78 is 0. The molecule has 4 nitrogen and oxygen atoms in total. The largest absolute Gasteiger partial charge is 0.480 e. The minimum atomic E-state index is -1.46. The first-order valence-corrected chi connectivity index (χ1v) is 6.19. The summed E-state index contributed by atoms with van der Waals surface area (Å²) in [4.78, 5) is 23.2. The summed E-state index contributed by atoms with van der Waals surface area (Å²) >= 11 is 0. The minimum absolute atomic E-state index is 0.0398. The first-order valence-electron chi connectivity index (χ1n) is 6.19. The SMILES string of the molecule is CC(C)(C)C#CCC(C)(C(=O)O)C(=O)NC1CC1. The van der Waals surface area contributed by atoms with Crippen LogP contribution >= 0.6 is 0 Å². The molecule has 1 aliphatic carbocycles. The highest BCUT2D eigenvalue weighted by Crippen LogP contribution is 2.26. The summed E-state index contributed by atoms with van der Waals surface area (Å²) in [6.45, 7) is 7.28. The maximum Gasteiger partial charge on any atom is 0.319 e. The zero-order chi connectivity index (χ0) is 14.0. The zero-order valence-corrected chi connectivity index (χ0v) is 11.5. The number of hydrogen-bond acceptors (Lipinski definition) is 2.